The number of hydrogen-bond acceptors (Lipinski definition) is 6. The Morgan fingerprint density at radius 1 is 1.00 bits per heavy atom. The smallest absolute Gasteiger partial charge is 0.240 e. The average Bonchev–Trinajstić information content (AvgIpc) is 3.26. The molecule has 0 aliphatic rings. The molecule has 0 saturated heterocycles. The van der Waals surface area contributed by atoms with Crippen molar-refractivity contribution in [3.8, 4) is 22.6 Å². The summed E-state index contributed by atoms with van der Waals surface area (Å²) in [6.07, 6.45) is 1.73. The van der Waals surface area contributed by atoms with Crippen LogP contribution in [0, 0.1) is 0 Å². The van der Waals surface area contributed by atoms with E-state index in [2.05, 4.69) is 10.5 Å². The van der Waals surface area contributed by atoms with Gasteiger partial charge in [-0.05, 0) is 29.1 Å². The molecule has 30 heavy (non-hydrogen) atoms. The number of hydrogen-bond donors (Lipinski definition) is 1. The maximum absolute atomic E-state index is 12.4. The number of thiophene rings is 1. The van der Waals surface area contributed by atoms with Crippen LogP contribution in [0.15, 0.2) is 64.4 Å². The summed E-state index contributed by atoms with van der Waals surface area (Å²) < 4.78 is 10.4. The fourth-order valence-corrected chi connectivity index (χ4v) is 3.68. The van der Waals surface area contributed by atoms with Crippen LogP contribution in [0.2, 0.25) is 0 Å². The first kappa shape index (κ1) is 21.3. The molecule has 3 rings (SSSR count). The van der Waals surface area contributed by atoms with E-state index in [0.29, 0.717) is 17.1 Å². The van der Waals surface area contributed by atoms with Crippen molar-refractivity contribution in [2.75, 3.05) is 14.2 Å². The van der Waals surface area contributed by atoms with Gasteiger partial charge in [0.25, 0.3) is 0 Å². The monoisotopic (exact) mass is 422 g/mol. The number of Topliss-reactive ketones (excluding diaryl/α,β-unsaturated/α-hetero) is 1. The average molecular weight is 423 g/mol. The molecule has 0 fully saturated rings. The first-order valence-corrected chi connectivity index (χ1v) is 10.3. The standard InChI is InChI=1S/C23H22N2O4S/c1-28-21-10-8-17(12-22(21)29-2)20(26)9-11-23(27)25-24-13-18-14-30-15-19(18)16-6-4-3-5-7-16/h3-8,10,12-15H,9,11H2,1-2H3,(H,25,27)/b24-13+. The van der Waals surface area contributed by atoms with E-state index in [9.17, 15) is 9.59 Å². The number of ether oxygens (including phenoxy) is 2. The Bertz CT molecular complexity index is 1040. The number of hydrazone groups is 1. The van der Waals surface area contributed by atoms with Crippen molar-refractivity contribution in [3.05, 3.63) is 70.4 Å². The first-order valence-electron chi connectivity index (χ1n) is 9.31. The number of rotatable bonds is 9. The van der Waals surface area contributed by atoms with Crippen molar-refractivity contribution >= 4 is 29.2 Å². The molecule has 154 valence electrons. The number of carbonyl (C=O) groups is 2. The number of nitrogens with one attached hydrogen (secondary N) is 1. The summed E-state index contributed by atoms with van der Waals surface area (Å²) in [5.74, 6) is 0.544. The summed E-state index contributed by atoms with van der Waals surface area (Å²) >= 11 is 1.57. The van der Waals surface area contributed by atoms with E-state index in [4.69, 9.17) is 9.47 Å². The van der Waals surface area contributed by atoms with E-state index in [1.807, 2.05) is 41.1 Å². The Labute approximate surface area is 179 Å². The van der Waals surface area contributed by atoms with Gasteiger partial charge in [-0.2, -0.15) is 16.4 Å². The van der Waals surface area contributed by atoms with Gasteiger partial charge in [-0.25, -0.2) is 5.43 Å². The van der Waals surface area contributed by atoms with Gasteiger partial charge >= 0.3 is 0 Å². The van der Waals surface area contributed by atoms with Crippen LogP contribution < -0.4 is 14.9 Å². The molecule has 1 N–H and O–H groups in total. The van der Waals surface area contributed by atoms with Gasteiger partial charge in [0.05, 0.1) is 20.4 Å². The number of carbonyl (C=O) groups excluding carboxylic acids is 2. The van der Waals surface area contributed by atoms with Crippen LogP contribution in [0.1, 0.15) is 28.8 Å². The summed E-state index contributed by atoms with van der Waals surface area (Å²) in [6, 6.07) is 14.9. The minimum absolute atomic E-state index is 0.0414. The Balaban J connectivity index is 1.53. The molecule has 0 aliphatic heterocycles. The molecular formula is C23H22N2O4S. The largest absolute Gasteiger partial charge is 0.493 e. The zero-order valence-electron chi connectivity index (χ0n) is 16.8. The first-order chi connectivity index (χ1) is 14.6. The second kappa shape index (κ2) is 10.4. The van der Waals surface area contributed by atoms with Crippen LogP contribution in [0.25, 0.3) is 11.1 Å². The van der Waals surface area contributed by atoms with Crippen molar-refractivity contribution in [1.82, 2.24) is 5.43 Å². The number of nitrogens with zero attached hydrogens (tertiary/aromatic N) is 1. The van der Waals surface area contributed by atoms with Crippen molar-refractivity contribution in [2.24, 2.45) is 5.10 Å². The summed E-state index contributed by atoms with van der Waals surface area (Å²) in [5, 5.41) is 8.05. The molecule has 0 atom stereocenters. The Morgan fingerprint density at radius 3 is 2.50 bits per heavy atom. The van der Waals surface area contributed by atoms with Crippen molar-refractivity contribution in [3.63, 3.8) is 0 Å². The highest BCUT2D eigenvalue weighted by Crippen LogP contribution is 2.28. The molecule has 0 unspecified atom stereocenters. The minimum Gasteiger partial charge on any atom is -0.493 e. The molecule has 0 spiro atoms. The molecule has 0 aliphatic carbocycles. The predicted molar refractivity (Wildman–Crippen MR) is 119 cm³/mol. The summed E-state index contributed by atoms with van der Waals surface area (Å²) in [7, 11) is 3.04. The number of amides is 1. The van der Waals surface area contributed by atoms with Crippen LogP contribution in [0.5, 0.6) is 11.5 Å². The van der Waals surface area contributed by atoms with Gasteiger partial charge in [0.2, 0.25) is 5.91 Å². The van der Waals surface area contributed by atoms with Gasteiger partial charge in [-0.3, -0.25) is 9.59 Å². The lowest BCUT2D eigenvalue weighted by Crippen LogP contribution is -2.18. The third-order valence-electron chi connectivity index (χ3n) is 4.45. The molecule has 1 amide bonds. The molecule has 0 radical (unpaired) electrons. The summed E-state index contributed by atoms with van der Waals surface area (Å²) in [5.41, 5.74) is 6.02. The number of ketones is 1. The fraction of sp³-hybridized carbons (Fsp3) is 0.174. The third kappa shape index (κ3) is 5.33. The lowest BCUT2D eigenvalue weighted by molar-refractivity contribution is -0.121. The second-order valence-corrected chi connectivity index (χ2v) is 7.14. The molecule has 3 aromatic rings. The fourth-order valence-electron chi connectivity index (χ4n) is 2.87. The lowest BCUT2D eigenvalue weighted by Gasteiger charge is -2.08. The SMILES string of the molecule is COc1ccc(C(=O)CCC(=O)N/N=C/c2cscc2-c2ccccc2)cc1OC. The van der Waals surface area contributed by atoms with Gasteiger partial charge in [-0.1, -0.05) is 30.3 Å². The van der Waals surface area contributed by atoms with Crippen LogP contribution >= 0.6 is 11.3 Å². The van der Waals surface area contributed by atoms with Crippen LogP contribution in [-0.4, -0.2) is 32.1 Å². The Kier molecular flexibility index (Phi) is 7.34. The zero-order chi connectivity index (χ0) is 21.3. The Hall–Kier alpha value is -3.45. The molecule has 1 aromatic heterocycles. The van der Waals surface area contributed by atoms with Gasteiger partial charge in [-0.15, -0.1) is 0 Å². The predicted octanol–water partition coefficient (Wildman–Crippen LogP) is 4.55. The van der Waals surface area contributed by atoms with Gasteiger partial charge in [0.1, 0.15) is 0 Å². The third-order valence-corrected chi connectivity index (χ3v) is 5.22. The highest BCUT2D eigenvalue weighted by Gasteiger charge is 2.12. The lowest BCUT2D eigenvalue weighted by atomic mass is 10.1. The minimum atomic E-state index is -0.323. The molecule has 1 heterocycles. The van der Waals surface area contributed by atoms with Gasteiger partial charge in [0.15, 0.2) is 17.3 Å². The molecule has 6 nitrogen and oxygen atoms in total. The second-order valence-electron chi connectivity index (χ2n) is 6.39. The topological polar surface area (TPSA) is 77.0 Å². The molecule has 2 aromatic carbocycles. The van der Waals surface area contributed by atoms with Crippen LogP contribution in [-0.2, 0) is 4.79 Å². The highest BCUT2D eigenvalue weighted by atomic mass is 32.1. The van der Waals surface area contributed by atoms with E-state index >= 15 is 0 Å². The highest BCUT2D eigenvalue weighted by molar-refractivity contribution is 7.08. The van der Waals surface area contributed by atoms with E-state index in [1.165, 1.54) is 14.2 Å². The van der Waals surface area contributed by atoms with Crippen LogP contribution in [0.4, 0.5) is 0 Å². The maximum Gasteiger partial charge on any atom is 0.240 e. The van der Waals surface area contributed by atoms with E-state index in [-0.39, 0.29) is 24.5 Å². The van der Waals surface area contributed by atoms with Crippen molar-refractivity contribution in [2.45, 2.75) is 12.8 Å². The van der Waals surface area contributed by atoms with Crippen molar-refractivity contribution < 1.29 is 19.1 Å². The summed E-state index contributed by atoms with van der Waals surface area (Å²) in [4.78, 5) is 24.4. The molecule has 0 bridgehead atoms. The van der Waals surface area contributed by atoms with Crippen molar-refractivity contribution in [1.29, 1.82) is 0 Å². The van der Waals surface area contributed by atoms with Crippen LogP contribution in [0.3, 0.4) is 0 Å². The molecule has 7 heteroatoms. The van der Waals surface area contributed by atoms with E-state index < -0.39 is 0 Å². The summed E-state index contributed by atoms with van der Waals surface area (Å²) in [6.45, 7) is 0. The van der Waals surface area contributed by atoms with Gasteiger partial charge in [0, 0.05) is 34.9 Å². The normalized spacial score (nSPS) is 10.7. The van der Waals surface area contributed by atoms with Gasteiger partial charge < -0.3 is 9.47 Å². The number of benzene rings is 2. The zero-order valence-corrected chi connectivity index (χ0v) is 17.6. The molecular weight excluding hydrogens is 400 g/mol. The Morgan fingerprint density at radius 2 is 1.77 bits per heavy atom. The number of methoxy groups -OCH3 is 2. The van der Waals surface area contributed by atoms with E-state index in [1.54, 1.807) is 35.8 Å². The maximum atomic E-state index is 12.4. The molecule has 0 saturated carbocycles. The van der Waals surface area contributed by atoms with E-state index in [0.717, 1.165) is 16.7 Å². The quantitative estimate of drug-likeness (QED) is 0.312.